The topological polar surface area (TPSA) is 54.1 Å². The molecule has 2 heterocycles. The molecule has 29 heavy (non-hydrogen) atoms. The molecule has 0 atom stereocenters. The average Bonchev–Trinajstić information content (AvgIpc) is 3.26. The maximum Gasteiger partial charge on any atom is 0.336 e. The SMILES string of the molecule is [C-]#[N+]/C(=C\c1cc2c(s1)-c1sc(N(C)CCO)cc1C2(C)C)C(=O)OC(C)(C)C. The number of ether oxygens (including phenoxy) is 1. The number of nitrogens with zero attached hydrogens (tertiary/aromatic N) is 2. The monoisotopic (exact) mass is 430 g/mol. The highest BCUT2D eigenvalue weighted by Gasteiger charge is 2.39. The summed E-state index contributed by atoms with van der Waals surface area (Å²) >= 11 is 3.32. The summed E-state index contributed by atoms with van der Waals surface area (Å²) in [6, 6.07) is 4.29. The van der Waals surface area contributed by atoms with E-state index in [2.05, 4.69) is 35.7 Å². The van der Waals surface area contributed by atoms with Crippen molar-refractivity contribution >= 4 is 39.7 Å². The second-order valence-corrected chi connectivity index (χ2v) is 10.7. The number of aliphatic hydroxyl groups excluding tert-OH is 1. The number of thiophene rings is 2. The van der Waals surface area contributed by atoms with Gasteiger partial charge in [-0.25, -0.2) is 4.85 Å². The second-order valence-electron chi connectivity index (χ2n) is 8.63. The normalized spacial score (nSPS) is 14.9. The molecule has 0 fully saturated rings. The second kappa shape index (κ2) is 7.60. The average molecular weight is 431 g/mol. The third kappa shape index (κ3) is 4.11. The van der Waals surface area contributed by atoms with Gasteiger partial charge in [0.25, 0.3) is 5.70 Å². The Labute approximate surface area is 180 Å². The van der Waals surface area contributed by atoms with Crippen molar-refractivity contribution in [1.29, 1.82) is 0 Å². The lowest BCUT2D eigenvalue weighted by Gasteiger charge is -2.20. The van der Waals surface area contributed by atoms with Crippen molar-refractivity contribution in [3.63, 3.8) is 0 Å². The maximum absolute atomic E-state index is 12.3. The van der Waals surface area contributed by atoms with Crippen molar-refractivity contribution in [1.82, 2.24) is 0 Å². The molecule has 2 aromatic rings. The first-order valence-electron chi connectivity index (χ1n) is 9.41. The van der Waals surface area contributed by atoms with E-state index in [1.54, 1.807) is 49.5 Å². The van der Waals surface area contributed by atoms with Crippen LogP contribution in [0.1, 0.15) is 50.6 Å². The van der Waals surface area contributed by atoms with Gasteiger partial charge in [0.15, 0.2) is 0 Å². The van der Waals surface area contributed by atoms with Gasteiger partial charge in [0, 0.05) is 28.8 Å². The predicted molar refractivity (Wildman–Crippen MR) is 121 cm³/mol. The number of likely N-dealkylation sites (N-methyl/N-ethyl adjacent to an activating group) is 1. The summed E-state index contributed by atoms with van der Waals surface area (Å²) in [4.78, 5) is 21.1. The molecule has 0 spiro atoms. The van der Waals surface area contributed by atoms with Gasteiger partial charge in [-0.1, -0.05) is 13.8 Å². The molecule has 1 aliphatic rings. The molecule has 0 amide bonds. The number of fused-ring (bicyclic) bond motifs is 3. The van der Waals surface area contributed by atoms with Gasteiger partial charge in [-0.2, -0.15) is 0 Å². The van der Waals surface area contributed by atoms with Crippen LogP contribution in [0.15, 0.2) is 17.8 Å². The first-order valence-corrected chi connectivity index (χ1v) is 11.0. The molecule has 0 aromatic carbocycles. The number of esters is 1. The van der Waals surface area contributed by atoms with Crippen molar-refractivity contribution in [3.05, 3.63) is 45.3 Å². The van der Waals surface area contributed by atoms with Crippen LogP contribution in [-0.2, 0) is 14.9 Å². The zero-order valence-electron chi connectivity index (χ0n) is 17.6. The highest BCUT2D eigenvalue weighted by atomic mass is 32.1. The van der Waals surface area contributed by atoms with Gasteiger partial charge in [0.2, 0.25) is 0 Å². The first-order chi connectivity index (χ1) is 13.5. The first kappa shape index (κ1) is 21.6. The van der Waals surface area contributed by atoms with E-state index >= 15 is 0 Å². The zero-order chi connectivity index (χ0) is 21.6. The van der Waals surface area contributed by atoms with Crippen LogP contribution in [0, 0.1) is 6.57 Å². The van der Waals surface area contributed by atoms with Crippen LogP contribution in [0.2, 0.25) is 0 Å². The summed E-state index contributed by atoms with van der Waals surface area (Å²) in [5, 5.41) is 10.4. The van der Waals surface area contributed by atoms with E-state index in [0.29, 0.717) is 6.54 Å². The van der Waals surface area contributed by atoms with Gasteiger partial charge < -0.3 is 14.7 Å². The summed E-state index contributed by atoms with van der Waals surface area (Å²) in [5.74, 6) is -0.593. The Bertz CT molecular complexity index is 1020. The Morgan fingerprint density at radius 1 is 1.28 bits per heavy atom. The van der Waals surface area contributed by atoms with E-state index in [4.69, 9.17) is 11.3 Å². The molecule has 3 rings (SSSR count). The molecular formula is C22H26N2O3S2. The van der Waals surface area contributed by atoms with Crippen LogP contribution in [0.5, 0.6) is 0 Å². The fourth-order valence-corrected chi connectivity index (χ4v) is 6.04. The summed E-state index contributed by atoms with van der Waals surface area (Å²) in [6.45, 7) is 17.9. The summed E-state index contributed by atoms with van der Waals surface area (Å²) in [7, 11) is 1.98. The van der Waals surface area contributed by atoms with Gasteiger partial charge in [0.05, 0.1) is 23.1 Å². The van der Waals surface area contributed by atoms with E-state index in [0.717, 1.165) is 9.88 Å². The molecule has 0 bridgehead atoms. The highest BCUT2D eigenvalue weighted by molar-refractivity contribution is 7.25. The summed E-state index contributed by atoms with van der Waals surface area (Å²) < 4.78 is 5.35. The summed E-state index contributed by atoms with van der Waals surface area (Å²) in [5.41, 5.74) is 1.72. The molecule has 0 radical (unpaired) electrons. The van der Waals surface area contributed by atoms with E-state index < -0.39 is 11.6 Å². The van der Waals surface area contributed by atoms with Crippen LogP contribution in [-0.4, -0.2) is 36.9 Å². The number of rotatable bonds is 5. The number of carbonyl (C=O) groups excluding carboxylic acids is 1. The van der Waals surface area contributed by atoms with E-state index in [-0.39, 0.29) is 17.7 Å². The smallest absolute Gasteiger partial charge is 0.336 e. The standard InChI is InChI=1S/C22H26N2O3S2/c1-21(2,3)27-20(26)16(23-6)11-13-10-14-18(28-13)19-15(22(14,4)5)12-17(29-19)24(7)8-9-25/h10-12,25H,8-9H2,1-5,7H3/b16-11-. The quantitative estimate of drug-likeness (QED) is 0.405. The van der Waals surface area contributed by atoms with E-state index in [1.165, 1.54) is 20.9 Å². The minimum absolute atomic E-state index is 0.00701. The molecule has 154 valence electrons. The fraction of sp³-hybridized carbons (Fsp3) is 0.455. The van der Waals surface area contributed by atoms with Gasteiger partial charge in [-0.15, -0.1) is 22.7 Å². The van der Waals surface area contributed by atoms with Crippen LogP contribution < -0.4 is 4.90 Å². The molecule has 2 aromatic heterocycles. The number of hydrogen-bond acceptors (Lipinski definition) is 6. The predicted octanol–water partition coefficient (Wildman–Crippen LogP) is 5.15. The van der Waals surface area contributed by atoms with Crippen molar-refractivity contribution in [2.24, 2.45) is 0 Å². The number of carbonyl (C=O) groups is 1. The van der Waals surface area contributed by atoms with Crippen molar-refractivity contribution in [3.8, 4) is 9.75 Å². The van der Waals surface area contributed by atoms with E-state index in [9.17, 15) is 9.90 Å². The molecular weight excluding hydrogens is 404 g/mol. The minimum atomic E-state index is -0.636. The van der Waals surface area contributed by atoms with Gasteiger partial charge in [-0.05, 0) is 50.1 Å². The van der Waals surface area contributed by atoms with Crippen molar-refractivity contribution < 1.29 is 14.6 Å². The lowest BCUT2D eigenvalue weighted by molar-refractivity contribution is -0.149. The van der Waals surface area contributed by atoms with Gasteiger partial charge in [0.1, 0.15) is 5.60 Å². The molecule has 0 unspecified atom stereocenters. The Hall–Kier alpha value is -2.14. The van der Waals surface area contributed by atoms with Crippen molar-refractivity contribution in [2.45, 2.75) is 45.6 Å². The van der Waals surface area contributed by atoms with Crippen LogP contribution in [0.25, 0.3) is 20.7 Å². The molecule has 0 saturated heterocycles. The lowest BCUT2D eigenvalue weighted by atomic mass is 9.84. The molecule has 5 nitrogen and oxygen atoms in total. The minimum Gasteiger partial charge on any atom is -0.465 e. The Balaban J connectivity index is 1.98. The number of hydrogen-bond donors (Lipinski definition) is 1. The molecule has 7 heteroatoms. The van der Waals surface area contributed by atoms with Crippen LogP contribution in [0.4, 0.5) is 5.00 Å². The maximum atomic E-state index is 12.3. The summed E-state index contributed by atoms with van der Waals surface area (Å²) in [6.07, 6.45) is 1.63. The number of aliphatic hydroxyl groups is 1. The zero-order valence-corrected chi connectivity index (χ0v) is 19.3. The Morgan fingerprint density at radius 2 is 1.90 bits per heavy atom. The number of anilines is 1. The van der Waals surface area contributed by atoms with Crippen LogP contribution in [0.3, 0.4) is 0 Å². The molecule has 0 saturated carbocycles. The van der Waals surface area contributed by atoms with Crippen molar-refractivity contribution in [2.75, 3.05) is 25.1 Å². The van der Waals surface area contributed by atoms with Gasteiger partial charge in [-0.3, -0.25) is 4.79 Å². The molecule has 1 N–H and O–H groups in total. The Morgan fingerprint density at radius 3 is 2.48 bits per heavy atom. The molecule has 0 aliphatic heterocycles. The fourth-order valence-electron chi connectivity index (χ4n) is 3.32. The molecule has 1 aliphatic carbocycles. The third-order valence-electron chi connectivity index (χ3n) is 4.84. The van der Waals surface area contributed by atoms with Gasteiger partial charge >= 0.3 is 5.97 Å². The Kier molecular flexibility index (Phi) is 5.65. The largest absolute Gasteiger partial charge is 0.465 e. The highest BCUT2D eigenvalue weighted by Crippen LogP contribution is 2.57. The third-order valence-corrected chi connectivity index (χ3v) is 7.34. The lowest BCUT2D eigenvalue weighted by Crippen LogP contribution is -2.24. The van der Waals surface area contributed by atoms with E-state index in [1.807, 2.05) is 7.05 Å². The van der Waals surface area contributed by atoms with Crippen LogP contribution >= 0.6 is 22.7 Å².